The van der Waals surface area contributed by atoms with Crippen molar-refractivity contribution < 1.29 is 36.2 Å². The molecular formula is C36H32N6O8S2. The Balaban J connectivity index is 1.36. The molecule has 16 heteroatoms. The lowest BCUT2D eigenvalue weighted by atomic mass is 9.92. The predicted octanol–water partition coefficient (Wildman–Crippen LogP) is 8.68. The number of fused-ring (bicyclic) bond motifs is 2. The minimum absolute atomic E-state index is 0.0150. The Hall–Kier alpha value is -5.94. The smallest absolute Gasteiger partial charge is 0.298 e. The molecule has 52 heavy (non-hydrogen) atoms. The van der Waals surface area contributed by atoms with Crippen molar-refractivity contribution >= 4 is 75.9 Å². The van der Waals surface area contributed by atoms with Gasteiger partial charge in [0.05, 0.1) is 22.7 Å². The number of azo groups is 2. The first-order valence-electron chi connectivity index (χ1n) is 15.8. The fourth-order valence-electron chi connectivity index (χ4n) is 6.15. The van der Waals surface area contributed by atoms with E-state index in [1.807, 2.05) is 26.0 Å². The first kappa shape index (κ1) is 35.9. The average Bonchev–Trinajstić information content (AvgIpc) is 3.10. The minimum Gasteiger partial charge on any atom is -0.504 e. The highest BCUT2D eigenvalue weighted by Gasteiger charge is 2.27. The maximum Gasteiger partial charge on any atom is 0.298 e. The van der Waals surface area contributed by atoms with Crippen LogP contribution in [0.25, 0.3) is 32.7 Å². The van der Waals surface area contributed by atoms with Crippen LogP contribution in [0.3, 0.4) is 0 Å². The van der Waals surface area contributed by atoms with Gasteiger partial charge in [-0.3, -0.25) is 9.11 Å². The summed E-state index contributed by atoms with van der Waals surface area (Å²) in [6, 6.07) is 22.9. The molecule has 0 saturated heterocycles. The number of nitrogens with two attached hydrogens (primary N) is 2. The van der Waals surface area contributed by atoms with Crippen LogP contribution >= 0.6 is 0 Å². The first-order chi connectivity index (χ1) is 24.6. The highest BCUT2D eigenvalue weighted by atomic mass is 32.2. The third-order valence-electron chi connectivity index (χ3n) is 8.59. The van der Waals surface area contributed by atoms with Crippen LogP contribution in [0, 0.1) is 0 Å². The summed E-state index contributed by atoms with van der Waals surface area (Å²) in [5.41, 5.74) is 16.2. The second kappa shape index (κ2) is 13.6. The second-order valence-electron chi connectivity index (χ2n) is 11.7. The van der Waals surface area contributed by atoms with Gasteiger partial charge in [0.1, 0.15) is 9.79 Å². The summed E-state index contributed by atoms with van der Waals surface area (Å²) in [5, 5.41) is 38.9. The van der Waals surface area contributed by atoms with E-state index in [0.717, 1.165) is 22.3 Å². The van der Waals surface area contributed by atoms with Gasteiger partial charge in [-0.25, -0.2) is 0 Å². The number of nitrogens with zero attached hydrogens (tertiary/aromatic N) is 4. The number of aromatic hydroxyl groups is 2. The molecule has 0 aromatic heterocycles. The van der Waals surface area contributed by atoms with Crippen molar-refractivity contribution in [2.75, 3.05) is 11.5 Å². The van der Waals surface area contributed by atoms with Gasteiger partial charge in [-0.05, 0) is 59.4 Å². The van der Waals surface area contributed by atoms with E-state index in [9.17, 15) is 36.2 Å². The fraction of sp³-hybridized carbons (Fsp3) is 0.111. The van der Waals surface area contributed by atoms with E-state index in [4.69, 9.17) is 11.5 Å². The summed E-state index contributed by atoms with van der Waals surface area (Å²) in [6.07, 6.45) is 1.19. The van der Waals surface area contributed by atoms with Gasteiger partial charge in [0.2, 0.25) is 0 Å². The average molecular weight is 741 g/mol. The van der Waals surface area contributed by atoms with E-state index in [1.165, 1.54) is 12.1 Å². The van der Waals surface area contributed by atoms with Crippen molar-refractivity contribution in [3.8, 4) is 22.6 Å². The molecule has 0 aliphatic rings. The molecule has 8 N–H and O–H groups in total. The van der Waals surface area contributed by atoms with Crippen LogP contribution in [0.4, 0.5) is 34.1 Å². The zero-order chi connectivity index (χ0) is 37.5. The largest absolute Gasteiger partial charge is 0.504 e. The Morgan fingerprint density at radius 3 is 1.21 bits per heavy atom. The monoisotopic (exact) mass is 740 g/mol. The predicted molar refractivity (Wildman–Crippen MR) is 199 cm³/mol. The zero-order valence-electron chi connectivity index (χ0n) is 27.7. The van der Waals surface area contributed by atoms with Crippen LogP contribution < -0.4 is 11.5 Å². The SMILES string of the molecule is CCc1cc(/N=N/c2c(O)c(S(=O)(=O)O)c3ccccc3c2N)ccc1-c1ccc(/N=N/c2c(O)c(S(=O)(=O)O)c3ccccc3c2N)cc1CC. The number of rotatable bonds is 9. The Morgan fingerprint density at radius 2 is 0.885 bits per heavy atom. The summed E-state index contributed by atoms with van der Waals surface area (Å²) >= 11 is 0. The number of phenols is 2. The second-order valence-corrected chi connectivity index (χ2v) is 14.4. The molecule has 14 nitrogen and oxygen atoms in total. The molecule has 0 unspecified atom stereocenters. The van der Waals surface area contributed by atoms with Gasteiger partial charge in [0, 0.05) is 21.5 Å². The van der Waals surface area contributed by atoms with E-state index in [1.54, 1.807) is 60.7 Å². The number of aryl methyl sites for hydroxylation is 2. The highest BCUT2D eigenvalue weighted by Crippen LogP contribution is 2.47. The van der Waals surface area contributed by atoms with Gasteiger partial charge in [0.25, 0.3) is 20.2 Å². The third kappa shape index (κ3) is 6.51. The Kier molecular flexibility index (Phi) is 9.41. The molecule has 0 fully saturated rings. The molecule has 0 radical (unpaired) electrons. The molecule has 0 bridgehead atoms. The first-order valence-corrected chi connectivity index (χ1v) is 18.6. The van der Waals surface area contributed by atoms with Crippen molar-refractivity contribution in [1.82, 2.24) is 0 Å². The number of hydrogen-bond acceptors (Lipinski definition) is 12. The summed E-state index contributed by atoms with van der Waals surface area (Å²) in [4.78, 5) is -1.43. The van der Waals surface area contributed by atoms with Gasteiger partial charge in [-0.15, -0.1) is 10.2 Å². The molecule has 0 spiro atoms. The van der Waals surface area contributed by atoms with Gasteiger partial charge in [0.15, 0.2) is 22.9 Å². The highest BCUT2D eigenvalue weighted by molar-refractivity contribution is 7.86. The number of hydrogen-bond donors (Lipinski definition) is 6. The topological polar surface area (TPSA) is 251 Å². The molecule has 0 heterocycles. The van der Waals surface area contributed by atoms with Crippen molar-refractivity contribution in [2.24, 2.45) is 20.5 Å². The lowest BCUT2D eigenvalue weighted by molar-refractivity contribution is 0.444. The Bertz CT molecular complexity index is 2530. The van der Waals surface area contributed by atoms with Gasteiger partial charge in [-0.2, -0.15) is 27.1 Å². The van der Waals surface area contributed by atoms with Crippen LogP contribution in [-0.4, -0.2) is 36.2 Å². The van der Waals surface area contributed by atoms with Gasteiger partial charge < -0.3 is 21.7 Å². The van der Waals surface area contributed by atoms with Crippen LogP contribution in [0.2, 0.25) is 0 Å². The normalized spacial score (nSPS) is 12.5. The number of nitrogen functional groups attached to an aromatic ring is 2. The van der Waals surface area contributed by atoms with E-state index in [2.05, 4.69) is 20.5 Å². The summed E-state index contributed by atoms with van der Waals surface area (Å²) in [5.74, 6) is -1.64. The summed E-state index contributed by atoms with van der Waals surface area (Å²) < 4.78 is 68.4. The van der Waals surface area contributed by atoms with Crippen molar-refractivity contribution in [3.63, 3.8) is 0 Å². The lowest BCUT2D eigenvalue weighted by Crippen LogP contribution is -2.02. The number of benzene rings is 6. The summed E-state index contributed by atoms with van der Waals surface area (Å²) in [7, 11) is -9.69. The number of anilines is 2. The molecule has 6 rings (SSSR count). The third-order valence-corrected chi connectivity index (χ3v) is 10.4. The van der Waals surface area contributed by atoms with Crippen molar-refractivity contribution in [2.45, 2.75) is 36.5 Å². The number of phenolic OH excluding ortho intramolecular Hbond substituents is 2. The Morgan fingerprint density at radius 1 is 0.538 bits per heavy atom. The zero-order valence-corrected chi connectivity index (χ0v) is 29.3. The quantitative estimate of drug-likeness (QED) is 0.0467. The van der Waals surface area contributed by atoms with Crippen LogP contribution in [-0.2, 0) is 33.1 Å². The molecule has 0 saturated carbocycles. The summed E-state index contributed by atoms with van der Waals surface area (Å²) in [6.45, 7) is 3.92. The van der Waals surface area contributed by atoms with Gasteiger partial charge >= 0.3 is 0 Å². The molecule has 266 valence electrons. The molecular weight excluding hydrogens is 709 g/mol. The van der Waals surface area contributed by atoms with E-state index in [0.29, 0.717) is 24.2 Å². The van der Waals surface area contributed by atoms with E-state index in [-0.39, 0.29) is 44.3 Å². The fourth-order valence-corrected chi connectivity index (χ4v) is 7.74. The standard InChI is InChI=1S/C36H32N6O8S2/c1-3-19-17-21(39-41-31-29(37)25-9-5-7-11-27(25)35(33(31)43)51(45,46)47)13-15-23(19)24-16-14-22(18-20(24)4-2)40-42-32-30(38)26-10-6-8-12-28(26)36(34(32)44)52(48,49)50/h5-18,43-44H,3-4,37-38H2,1-2H3,(H,45,46,47)(H,48,49,50)/b41-39+,42-40+. The van der Waals surface area contributed by atoms with Gasteiger partial charge in [-0.1, -0.05) is 74.5 Å². The van der Waals surface area contributed by atoms with Crippen molar-refractivity contribution in [3.05, 3.63) is 96.1 Å². The maximum absolute atomic E-state index is 12.2. The molecule has 6 aromatic rings. The van der Waals surface area contributed by atoms with Crippen molar-refractivity contribution in [1.29, 1.82) is 0 Å². The molecule has 0 aliphatic heterocycles. The maximum atomic E-state index is 12.2. The molecule has 0 amide bonds. The Labute approximate surface area is 298 Å². The van der Waals surface area contributed by atoms with Crippen LogP contribution in [0.5, 0.6) is 11.5 Å². The molecule has 0 atom stereocenters. The lowest BCUT2D eigenvalue weighted by Gasteiger charge is -2.14. The molecule has 0 aliphatic carbocycles. The minimum atomic E-state index is -4.84. The van der Waals surface area contributed by atoms with E-state index < -0.39 is 41.5 Å². The van der Waals surface area contributed by atoms with Crippen LogP contribution in [0.15, 0.2) is 115 Å². The van der Waals surface area contributed by atoms with Crippen LogP contribution in [0.1, 0.15) is 25.0 Å². The van der Waals surface area contributed by atoms with E-state index >= 15 is 0 Å². The molecule has 6 aromatic carbocycles.